The number of anilines is 2. The van der Waals surface area contributed by atoms with Gasteiger partial charge in [0.1, 0.15) is 5.82 Å². The summed E-state index contributed by atoms with van der Waals surface area (Å²) in [5.74, 6) is 0.660. The molecule has 0 aliphatic carbocycles. The van der Waals surface area contributed by atoms with Crippen molar-refractivity contribution in [3.8, 4) is 0 Å². The molecule has 86 valence electrons. The summed E-state index contributed by atoms with van der Waals surface area (Å²) in [7, 11) is 0. The highest BCUT2D eigenvalue weighted by Gasteiger charge is 2.31. The van der Waals surface area contributed by atoms with Crippen molar-refractivity contribution in [1.29, 1.82) is 0 Å². The molecule has 2 nitrogen and oxygen atoms in total. The maximum Gasteiger partial charge on any atom is 0.148 e. The van der Waals surface area contributed by atoms with Gasteiger partial charge in [-0.1, -0.05) is 13.0 Å². The van der Waals surface area contributed by atoms with Crippen molar-refractivity contribution in [2.75, 3.05) is 23.3 Å². The van der Waals surface area contributed by atoms with Gasteiger partial charge in [-0.05, 0) is 30.9 Å². The average Bonchev–Trinajstić information content (AvgIpc) is 2.28. The number of para-hydroxylation sites is 1. The Morgan fingerprint density at radius 1 is 1.44 bits per heavy atom. The molecule has 0 bridgehead atoms. The van der Waals surface area contributed by atoms with Crippen LogP contribution in [0.3, 0.4) is 0 Å². The Kier molecular flexibility index (Phi) is 2.27. The minimum absolute atomic E-state index is 0.130. The van der Waals surface area contributed by atoms with E-state index in [1.165, 1.54) is 18.9 Å². The molecular weight excluding hydrogens is 203 g/mol. The van der Waals surface area contributed by atoms with E-state index in [1.807, 2.05) is 6.07 Å². The van der Waals surface area contributed by atoms with E-state index in [4.69, 9.17) is 0 Å². The average molecular weight is 220 g/mol. The van der Waals surface area contributed by atoms with Crippen molar-refractivity contribution in [3.05, 3.63) is 24.0 Å². The van der Waals surface area contributed by atoms with E-state index in [0.717, 1.165) is 24.7 Å². The number of benzene rings is 1. The molecule has 0 radical (unpaired) electrons. The van der Waals surface area contributed by atoms with E-state index in [-0.39, 0.29) is 5.82 Å². The zero-order valence-corrected chi connectivity index (χ0v) is 9.54. The summed E-state index contributed by atoms with van der Waals surface area (Å²) in [5, 5.41) is 3.23. The monoisotopic (exact) mass is 220 g/mol. The van der Waals surface area contributed by atoms with Gasteiger partial charge in [0, 0.05) is 19.1 Å². The normalized spacial score (nSPS) is 28.0. The van der Waals surface area contributed by atoms with Crippen molar-refractivity contribution in [3.63, 3.8) is 0 Å². The van der Waals surface area contributed by atoms with Gasteiger partial charge in [-0.2, -0.15) is 0 Å². The summed E-state index contributed by atoms with van der Waals surface area (Å²) in [6, 6.07) is 5.89. The topological polar surface area (TPSA) is 15.3 Å². The molecule has 0 saturated carbocycles. The molecule has 0 amide bonds. The lowest BCUT2D eigenvalue weighted by atomic mass is 9.90. The van der Waals surface area contributed by atoms with E-state index >= 15 is 0 Å². The van der Waals surface area contributed by atoms with E-state index in [2.05, 4.69) is 17.1 Å². The number of hydrogen-bond acceptors (Lipinski definition) is 2. The van der Waals surface area contributed by atoms with Crippen LogP contribution in [0, 0.1) is 11.7 Å². The molecule has 1 aromatic carbocycles. The predicted molar refractivity (Wildman–Crippen MR) is 64.4 cm³/mol. The third-order valence-corrected chi connectivity index (χ3v) is 3.79. The van der Waals surface area contributed by atoms with Crippen LogP contribution in [0.15, 0.2) is 18.2 Å². The second kappa shape index (κ2) is 3.65. The summed E-state index contributed by atoms with van der Waals surface area (Å²) in [5.41, 5.74) is 1.73. The van der Waals surface area contributed by atoms with Crippen LogP contribution >= 0.6 is 0 Å². The Bertz CT molecular complexity index is 405. The Hall–Kier alpha value is -1.25. The summed E-state index contributed by atoms with van der Waals surface area (Å²) in [6.45, 7) is 4.24. The molecule has 1 saturated heterocycles. The second-order valence-electron chi connectivity index (χ2n) is 4.99. The lowest BCUT2D eigenvalue weighted by Crippen LogP contribution is -2.49. The number of halogens is 1. The van der Waals surface area contributed by atoms with Gasteiger partial charge in [0.05, 0.1) is 11.4 Å². The Morgan fingerprint density at radius 3 is 3.19 bits per heavy atom. The predicted octanol–water partition coefficient (Wildman–Crippen LogP) is 2.86. The molecule has 2 heterocycles. The fourth-order valence-electron chi connectivity index (χ4n) is 2.91. The van der Waals surface area contributed by atoms with Crippen molar-refractivity contribution in [1.82, 2.24) is 0 Å². The van der Waals surface area contributed by atoms with Gasteiger partial charge in [-0.25, -0.2) is 4.39 Å². The lowest BCUT2D eigenvalue weighted by molar-refractivity contribution is 0.366. The maximum atomic E-state index is 13.6. The largest absolute Gasteiger partial charge is 0.379 e. The molecule has 1 aromatic rings. The van der Waals surface area contributed by atoms with Crippen molar-refractivity contribution in [2.24, 2.45) is 5.92 Å². The molecule has 0 aromatic heterocycles. The zero-order valence-electron chi connectivity index (χ0n) is 9.54. The number of nitrogens with one attached hydrogen (secondary N) is 1. The number of fused-ring (bicyclic) bond motifs is 3. The van der Waals surface area contributed by atoms with Crippen molar-refractivity contribution >= 4 is 11.4 Å². The molecule has 2 atom stereocenters. The van der Waals surface area contributed by atoms with Gasteiger partial charge in [0.25, 0.3) is 0 Å². The first kappa shape index (κ1) is 9.94. The van der Waals surface area contributed by atoms with Gasteiger partial charge >= 0.3 is 0 Å². The van der Waals surface area contributed by atoms with Crippen LogP contribution in [0.2, 0.25) is 0 Å². The Morgan fingerprint density at radius 2 is 2.31 bits per heavy atom. The van der Waals surface area contributed by atoms with Crippen molar-refractivity contribution < 1.29 is 4.39 Å². The molecule has 3 heteroatoms. The minimum atomic E-state index is -0.130. The molecule has 1 N–H and O–H groups in total. The highest BCUT2D eigenvalue weighted by atomic mass is 19.1. The first-order chi connectivity index (χ1) is 7.75. The highest BCUT2D eigenvalue weighted by Crippen LogP contribution is 2.37. The molecule has 1 fully saturated rings. The van der Waals surface area contributed by atoms with Gasteiger partial charge < -0.3 is 10.2 Å². The van der Waals surface area contributed by atoms with Gasteiger partial charge in [-0.3, -0.25) is 0 Å². The fourth-order valence-corrected chi connectivity index (χ4v) is 2.91. The lowest BCUT2D eigenvalue weighted by Gasteiger charge is -2.44. The quantitative estimate of drug-likeness (QED) is 0.723. The third kappa shape index (κ3) is 1.46. The third-order valence-electron chi connectivity index (χ3n) is 3.79. The van der Waals surface area contributed by atoms with E-state index < -0.39 is 0 Å². The minimum Gasteiger partial charge on any atom is -0.379 e. The van der Waals surface area contributed by atoms with Crippen LogP contribution in [0.25, 0.3) is 0 Å². The maximum absolute atomic E-state index is 13.6. The van der Waals surface area contributed by atoms with E-state index in [1.54, 1.807) is 6.07 Å². The van der Waals surface area contributed by atoms with Gasteiger partial charge in [0.15, 0.2) is 0 Å². The SMILES string of the molecule is CC1CCN2c3cccc(F)c3NCC2C1. The summed E-state index contributed by atoms with van der Waals surface area (Å²) in [4.78, 5) is 2.37. The summed E-state index contributed by atoms with van der Waals surface area (Å²) >= 11 is 0. The number of nitrogens with zero attached hydrogens (tertiary/aromatic N) is 1. The number of rotatable bonds is 0. The fraction of sp³-hybridized carbons (Fsp3) is 0.538. The van der Waals surface area contributed by atoms with Crippen LogP contribution in [0.1, 0.15) is 19.8 Å². The first-order valence-corrected chi connectivity index (χ1v) is 6.04. The van der Waals surface area contributed by atoms with Crippen LogP contribution in [0.5, 0.6) is 0 Å². The second-order valence-corrected chi connectivity index (χ2v) is 4.99. The number of hydrogen-bond donors (Lipinski definition) is 1. The zero-order chi connectivity index (χ0) is 11.1. The molecular formula is C13H17FN2. The van der Waals surface area contributed by atoms with Crippen molar-refractivity contribution in [2.45, 2.75) is 25.8 Å². The summed E-state index contributed by atoms with van der Waals surface area (Å²) < 4.78 is 13.6. The van der Waals surface area contributed by atoms with E-state index in [9.17, 15) is 4.39 Å². The molecule has 3 rings (SSSR count). The van der Waals surface area contributed by atoms with E-state index in [0.29, 0.717) is 11.7 Å². The van der Waals surface area contributed by atoms with Crippen LogP contribution in [-0.4, -0.2) is 19.1 Å². The molecule has 16 heavy (non-hydrogen) atoms. The Labute approximate surface area is 95.4 Å². The molecule has 2 unspecified atom stereocenters. The standard InChI is InChI=1S/C13H17FN2/c1-9-5-6-16-10(7-9)8-15-13-11(14)3-2-4-12(13)16/h2-4,9-10,15H,5-8H2,1H3. The summed E-state index contributed by atoms with van der Waals surface area (Å²) in [6.07, 6.45) is 2.43. The molecule has 0 spiro atoms. The van der Waals surface area contributed by atoms with Gasteiger partial charge in [-0.15, -0.1) is 0 Å². The van der Waals surface area contributed by atoms with Crippen LogP contribution in [-0.2, 0) is 0 Å². The molecule has 2 aliphatic heterocycles. The highest BCUT2D eigenvalue weighted by molar-refractivity contribution is 5.73. The smallest absolute Gasteiger partial charge is 0.148 e. The Balaban J connectivity index is 1.97. The van der Waals surface area contributed by atoms with Crippen LogP contribution < -0.4 is 10.2 Å². The number of piperidine rings is 1. The molecule has 2 aliphatic rings. The van der Waals surface area contributed by atoms with Crippen LogP contribution in [0.4, 0.5) is 15.8 Å². The van der Waals surface area contributed by atoms with Gasteiger partial charge in [0.2, 0.25) is 0 Å². The first-order valence-electron chi connectivity index (χ1n) is 6.04.